The molecule has 1 heterocycles. The number of benzene rings is 3. The molecule has 0 aliphatic heterocycles. The molecule has 3 aromatic carbocycles. The molecule has 0 saturated carbocycles. The molecule has 0 radical (unpaired) electrons. The van der Waals surface area contributed by atoms with Crippen LogP contribution in [0.15, 0.2) is 66.9 Å². The fourth-order valence-corrected chi connectivity index (χ4v) is 3.55. The first-order chi connectivity index (χ1) is 14.6. The molecule has 5 nitrogen and oxygen atoms in total. The SMILES string of the molecule is CCOc1cc(C(=O)N(C)Cc2cc(F)cc3cn[nH]c23)ccc1-c1ccccc1. The summed E-state index contributed by atoms with van der Waals surface area (Å²) < 4.78 is 19.7. The molecule has 0 saturated heterocycles. The molecule has 0 unspecified atom stereocenters. The van der Waals surface area contributed by atoms with Gasteiger partial charge in [0.15, 0.2) is 0 Å². The van der Waals surface area contributed by atoms with E-state index in [-0.39, 0.29) is 18.3 Å². The summed E-state index contributed by atoms with van der Waals surface area (Å²) in [6, 6.07) is 18.2. The van der Waals surface area contributed by atoms with Gasteiger partial charge in [0, 0.05) is 35.7 Å². The average Bonchev–Trinajstić information content (AvgIpc) is 3.22. The Balaban J connectivity index is 1.62. The van der Waals surface area contributed by atoms with Gasteiger partial charge >= 0.3 is 0 Å². The Morgan fingerprint density at radius 3 is 2.70 bits per heavy atom. The Labute approximate surface area is 174 Å². The molecule has 152 valence electrons. The van der Waals surface area contributed by atoms with Crippen LogP contribution in [0.4, 0.5) is 4.39 Å². The fourth-order valence-electron chi connectivity index (χ4n) is 3.55. The molecule has 6 heteroatoms. The number of halogens is 1. The second-order valence-corrected chi connectivity index (χ2v) is 7.07. The molecule has 1 N–H and O–H groups in total. The van der Waals surface area contributed by atoms with Crippen molar-refractivity contribution in [2.45, 2.75) is 13.5 Å². The number of carbonyl (C=O) groups is 1. The lowest BCUT2D eigenvalue weighted by molar-refractivity contribution is 0.0785. The van der Waals surface area contributed by atoms with E-state index in [1.54, 1.807) is 30.3 Å². The third-order valence-corrected chi connectivity index (χ3v) is 4.96. The molecule has 0 aliphatic rings. The molecular weight excluding hydrogens is 381 g/mol. The van der Waals surface area contributed by atoms with Crippen LogP contribution in [0.25, 0.3) is 22.0 Å². The van der Waals surface area contributed by atoms with E-state index in [0.29, 0.717) is 28.9 Å². The standard InChI is InChI=1S/C24H22FN3O2/c1-3-30-22-13-17(9-10-21(22)16-7-5-4-6-8-16)24(29)28(2)15-19-12-20(25)11-18-14-26-27-23(18)19/h4-14H,3,15H2,1-2H3,(H,26,27). The molecule has 0 spiro atoms. The number of hydrogen-bond acceptors (Lipinski definition) is 3. The highest BCUT2D eigenvalue weighted by Gasteiger charge is 2.17. The minimum atomic E-state index is -0.356. The van der Waals surface area contributed by atoms with Gasteiger partial charge in [-0.15, -0.1) is 0 Å². The number of aromatic amines is 1. The summed E-state index contributed by atoms with van der Waals surface area (Å²) in [4.78, 5) is 14.6. The fraction of sp³-hybridized carbons (Fsp3) is 0.167. The summed E-state index contributed by atoms with van der Waals surface area (Å²) in [5.41, 5.74) is 3.86. The normalized spacial score (nSPS) is 10.9. The van der Waals surface area contributed by atoms with Gasteiger partial charge in [0.05, 0.1) is 18.3 Å². The summed E-state index contributed by atoms with van der Waals surface area (Å²) >= 11 is 0. The van der Waals surface area contributed by atoms with Crippen LogP contribution >= 0.6 is 0 Å². The summed E-state index contributed by atoms with van der Waals surface area (Å²) in [6.45, 7) is 2.66. The van der Waals surface area contributed by atoms with E-state index in [1.807, 2.05) is 43.3 Å². The number of hydrogen-bond donors (Lipinski definition) is 1. The molecule has 1 aromatic heterocycles. The van der Waals surface area contributed by atoms with Gasteiger partial charge in [-0.3, -0.25) is 9.89 Å². The number of nitrogens with zero attached hydrogens (tertiary/aromatic N) is 2. The zero-order valence-electron chi connectivity index (χ0n) is 16.9. The van der Waals surface area contributed by atoms with Crippen molar-refractivity contribution >= 4 is 16.8 Å². The van der Waals surface area contributed by atoms with Gasteiger partial charge in [-0.25, -0.2) is 4.39 Å². The van der Waals surface area contributed by atoms with Crippen molar-refractivity contribution in [2.24, 2.45) is 0 Å². The van der Waals surface area contributed by atoms with E-state index in [2.05, 4.69) is 10.2 Å². The molecule has 0 aliphatic carbocycles. The molecule has 0 atom stereocenters. The smallest absolute Gasteiger partial charge is 0.254 e. The predicted octanol–water partition coefficient (Wildman–Crippen LogP) is 5.04. The van der Waals surface area contributed by atoms with Crippen molar-refractivity contribution in [1.82, 2.24) is 15.1 Å². The van der Waals surface area contributed by atoms with Gasteiger partial charge in [-0.05, 0) is 42.8 Å². The Hall–Kier alpha value is -3.67. The number of ether oxygens (including phenoxy) is 1. The van der Waals surface area contributed by atoms with Gasteiger partial charge in [0.1, 0.15) is 11.6 Å². The molecule has 0 fully saturated rings. The second-order valence-electron chi connectivity index (χ2n) is 7.07. The van der Waals surface area contributed by atoms with E-state index in [4.69, 9.17) is 4.74 Å². The van der Waals surface area contributed by atoms with Crippen LogP contribution in [0.5, 0.6) is 5.75 Å². The maximum Gasteiger partial charge on any atom is 0.254 e. The number of nitrogens with one attached hydrogen (secondary N) is 1. The van der Waals surface area contributed by atoms with E-state index in [9.17, 15) is 9.18 Å². The summed E-state index contributed by atoms with van der Waals surface area (Å²) in [5, 5.41) is 7.53. The van der Waals surface area contributed by atoms with Crippen LogP contribution in [0.3, 0.4) is 0 Å². The van der Waals surface area contributed by atoms with Crippen LogP contribution in [-0.2, 0) is 6.54 Å². The number of carbonyl (C=O) groups excluding carboxylic acids is 1. The van der Waals surface area contributed by atoms with E-state index < -0.39 is 0 Å². The molecule has 0 bridgehead atoms. The Morgan fingerprint density at radius 1 is 1.13 bits per heavy atom. The van der Waals surface area contributed by atoms with Crippen LogP contribution in [0.1, 0.15) is 22.8 Å². The molecule has 1 amide bonds. The molecule has 4 rings (SSSR count). The van der Waals surface area contributed by atoms with Gasteiger partial charge in [0.2, 0.25) is 0 Å². The number of fused-ring (bicyclic) bond motifs is 1. The minimum absolute atomic E-state index is 0.174. The van der Waals surface area contributed by atoms with Crippen LogP contribution in [-0.4, -0.2) is 34.7 Å². The number of H-pyrrole nitrogens is 1. The second kappa shape index (κ2) is 8.37. The molecule has 30 heavy (non-hydrogen) atoms. The summed E-state index contributed by atoms with van der Waals surface area (Å²) in [6.07, 6.45) is 1.57. The minimum Gasteiger partial charge on any atom is -0.493 e. The van der Waals surface area contributed by atoms with Crippen LogP contribution in [0, 0.1) is 5.82 Å². The maximum atomic E-state index is 13.9. The quantitative estimate of drug-likeness (QED) is 0.491. The lowest BCUT2D eigenvalue weighted by atomic mass is 10.0. The molecular formula is C24H22FN3O2. The zero-order valence-corrected chi connectivity index (χ0v) is 16.9. The Kier molecular flexibility index (Phi) is 5.48. The first-order valence-corrected chi connectivity index (χ1v) is 9.76. The highest BCUT2D eigenvalue weighted by atomic mass is 19.1. The maximum absolute atomic E-state index is 13.9. The van der Waals surface area contributed by atoms with Crippen molar-refractivity contribution in [1.29, 1.82) is 0 Å². The molecule has 4 aromatic rings. The number of aromatic nitrogens is 2. The van der Waals surface area contributed by atoms with Crippen molar-refractivity contribution in [2.75, 3.05) is 13.7 Å². The van der Waals surface area contributed by atoms with Gasteiger partial charge in [-0.1, -0.05) is 30.3 Å². The van der Waals surface area contributed by atoms with Gasteiger partial charge in [0.25, 0.3) is 5.91 Å². The van der Waals surface area contributed by atoms with E-state index in [1.165, 1.54) is 12.1 Å². The van der Waals surface area contributed by atoms with Crippen LogP contribution in [0.2, 0.25) is 0 Å². The van der Waals surface area contributed by atoms with Gasteiger partial charge < -0.3 is 9.64 Å². The number of amides is 1. The number of rotatable bonds is 6. The summed E-state index contributed by atoms with van der Waals surface area (Å²) in [5.74, 6) is 0.128. The average molecular weight is 403 g/mol. The first-order valence-electron chi connectivity index (χ1n) is 9.76. The van der Waals surface area contributed by atoms with Gasteiger partial charge in [-0.2, -0.15) is 5.10 Å². The third kappa shape index (κ3) is 3.89. The highest BCUT2D eigenvalue weighted by Crippen LogP contribution is 2.31. The first kappa shape index (κ1) is 19.6. The zero-order chi connectivity index (χ0) is 21.1. The van der Waals surface area contributed by atoms with Crippen molar-refractivity contribution in [3.63, 3.8) is 0 Å². The highest BCUT2D eigenvalue weighted by molar-refractivity contribution is 5.95. The lowest BCUT2D eigenvalue weighted by Gasteiger charge is -2.19. The Bertz CT molecular complexity index is 1190. The van der Waals surface area contributed by atoms with Crippen molar-refractivity contribution in [3.8, 4) is 16.9 Å². The Morgan fingerprint density at radius 2 is 1.93 bits per heavy atom. The van der Waals surface area contributed by atoms with Crippen molar-refractivity contribution in [3.05, 3.63) is 83.8 Å². The van der Waals surface area contributed by atoms with Crippen LogP contribution < -0.4 is 4.74 Å². The summed E-state index contributed by atoms with van der Waals surface area (Å²) in [7, 11) is 1.70. The van der Waals surface area contributed by atoms with E-state index >= 15 is 0 Å². The topological polar surface area (TPSA) is 58.2 Å². The van der Waals surface area contributed by atoms with E-state index in [0.717, 1.165) is 16.6 Å². The predicted molar refractivity (Wildman–Crippen MR) is 115 cm³/mol. The third-order valence-electron chi connectivity index (χ3n) is 4.96. The van der Waals surface area contributed by atoms with Crippen molar-refractivity contribution < 1.29 is 13.9 Å². The monoisotopic (exact) mass is 403 g/mol. The lowest BCUT2D eigenvalue weighted by Crippen LogP contribution is -2.26. The largest absolute Gasteiger partial charge is 0.493 e.